The van der Waals surface area contributed by atoms with Crippen molar-refractivity contribution in [2.45, 2.75) is 39.7 Å². The molecule has 0 saturated carbocycles. The average molecular weight is 527 g/mol. The molecule has 0 saturated heterocycles. The van der Waals surface area contributed by atoms with Crippen molar-refractivity contribution >= 4 is 29.3 Å². The van der Waals surface area contributed by atoms with Gasteiger partial charge in [-0.25, -0.2) is 0 Å². The van der Waals surface area contributed by atoms with Crippen molar-refractivity contribution in [1.82, 2.24) is 10.6 Å². The van der Waals surface area contributed by atoms with E-state index in [1.165, 1.54) is 18.0 Å². The Kier molecular flexibility index (Phi) is 8.72. The zero-order chi connectivity index (χ0) is 27.1. The second kappa shape index (κ2) is 12.3. The fraction of sp³-hybridized carbons (Fsp3) is 0.233. The molecule has 0 spiro atoms. The third-order valence-electron chi connectivity index (χ3n) is 6.38. The average Bonchev–Trinajstić information content (AvgIpc) is 3.46. The normalized spacial score (nSPS) is 15.1. The zero-order valence-corrected chi connectivity index (χ0v) is 22.4. The van der Waals surface area contributed by atoms with Crippen molar-refractivity contribution in [3.63, 3.8) is 0 Å². The first-order valence-electron chi connectivity index (χ1n) is 12.4. The number of anilines is 1. The Labute approximate surface area is 227 Å². The second-order valence-corrected chi connectivity index (χ2v) is 9.92. The van der Waals surface area contributed by atoms with Gasteiger partial charge in [-0.15, -0.1) is 0 Å². The zero-order valence-electron chi connectivity index (χ0n) is 21.6. The molecule has 0 aliphatic carbocycles. The van der Waals surface area contributed by atoms with Crippen LogP contribution < -0.4 is 16.0 Å². The standard InChI is InChI=1S/C30H30N4O3S/c1-4-22-13-8-10-19(2)28(22)34-29(36)26-20(3)33-30(23(16-31)27(26)24-14-9-15-37-24)38-18-25(35)32-17-21-11-6-5-7-12-21/h5-15,27,33H,4,17-18H2,1-3H3,(H,32,35)(H,34,36)/t27-/m0/s1. The third kappa shape index (κ3) is 6.01. The molecule has 8 heteroatoms. The number of hydrogen-bond donors (Lipinski definition) is 3. The summed E-state index contributed by atoms with van der Waals surface area (Å²) in [5.41, 5.74) is 5.10. The number of thioether (sulfide) groups is 1. The highest BCUT2D eigenvalue weighted by atomic mass is 32.2. The first kappa shape index (κ1) is 26.8. The minimum atomic E-state index is -0.708. The first-order chi connectivity index (χ1) is 18.4. The lowest BCUT2D eigenvalue weighted by Gasteiger charge is -2.28. The third-order valence-corrected chi connectivity index (χ3v) is 7.40. The number of furan rings is 1. The second-order valence-electron chi connectivity index (χ2n) is 8.93. The van der Waals surface area contributed by atoms with Gasteiger partial charge in [0.25, 0.3) is 5.91 Å². The first-order valence-corrected chi connectivity index (χ1v) is 13.4. The van der Waals surface area contributed by atoms with Crippen LogP contribution in [-0.4, -0.2) is 17.6 Å². The number of carbonyl (C=O) groups is 2. The molecule has 3 aromatic rings. The van der Waals surface area contributed by atoms with E-state index in [0.29, 0.717) is 34.2 Å². The van der Waals surface area contributed by atoms with E-state index >= 15 is 0 Å². The molecule has 1 aliphatic rings. The minimum absolute atomic E-state index is 0.114. The summed E-state index contributed by atoms with van der Waals surface area (Å²) in [5.74, 6) is -0.571. The monoisotopic (exact) mass is 526 g/mol. The molecule has 194 valence electrons. The summed E-state index contributed by atoms with van der Waals surface area (Å²) >= 11 is 1.23. The van der Waals surface area contributed by atoms with E-state index in [1.54, 1.807) is 19.1 Å². The number of amides is 2. The number of aryl methyl sites for hydroxylation is 2. The molecule has 0 fully saturated rings. The van der Waals surface area contributed by atoms with E-state index in [2.05, 4.69) is 22.0 Å². The molecule has 1 aromatic heterocycles. The van der Waals surface area contributed by atoms with Crippen LogP contribution in [0.15, 0.2) is 93.2 Å². The molecule has 2 heterocycles. The molecule has 1 atom stereocenters. The van der Waals surface area contributed by atoms with Gasteiger partial charge in [-0.2, -0.15) is 5.26 Å². The van der Waals surface area contributed by atoms with Gasteiger partial charge < -0.3 is 20.4 Å². The summed E-state index contributed by atoms with van der Waals surface area (Å²) in [5, 5.41) is 19.9. The van der Waals surface area contributed by atoms with Crippen molar-refractivity contribution in [3.05, 3.63) is 111 Å². The molecule has 38 heavy (non-hydrogen) atoms. The van der Waals surface area contributed by atoms with Crippen molar-refractivity contribution in [1.29, 1.82) is 5.26 Å². The van der Waals surface area contributed by atoms with Crippen LogP contribution in [0.5, 0.6) is 0 Å². The predicted octanol–water partition coefficient (Wildman–Crippen LogP) is 5.53. The van der Waals surface area contributed by atoms with E-state index in [-0.39, 0.29) is 17.6 Å². The Balaban J connectivity index is 1.57. The minimum Gasteiger partial charge on any atom is -0.468 e. The number of para-hydroxylation sites is 1. The number of carbonyl (C=O) groups excluding carboxylic acids is 2. The lowest BCUT2D eigenvalue weighted by atomic mass is 9.85. The highest BCUT2D eigenvalue weighted by Gasteiger charge is 2.36. The maximum absolute atomic E-state index is 13.7. The molecule has 1 aliphatic heterocycles. The summed E-state index contributed by atoms with van der Waals surface area (Å²) in [6.45, 7) is 6.22. The molecule has 2 aromatic carbocycles. The summed E-state index contributed by atoms with van der Waals surface area (Å²) in [6.07, 6.45) is 2.29. The van der Waals surface area contributed by atoms with Gasteiger partial charge >= 0.3 is 0 Å². The predicted molar refractivity (Wildman–Crippen MR) is 150 cm³/mol. The Morgan fingerprint density at radius 1 is 1.08 bits per heavy atom. The summed E-state index contributed by atoms with van der Waals surface area (Å²) in [4.78, 5) is 26.3. The number of rotatable bonds is 9. The molecule has 3 N–H and O–H groups in total. The SMILES string of the molecule is CCc1cccc(C)c1NC(=O)C1=C(C)NC(SCC(=O)NCc2ccccc2)=C(C#N)[C@H]1c1ccco1. The van der Waals surface area contributed by atoms with E-state index in [4.69, 9.17) is 4.42 Å². The topological polar surface area (TPSA) is 107 Å². The van der Waals surface area contributed by atoms with Crippen molar-refractivity contribution in [3.8, 4) is 6.07 Å². The maximum atomic E-state index is 13.7. The number of dihydropyridines is 1. The van der Waals surface area contributed by atoms with E-state index in [0.717, 1.165) is 28.8 Å². The van der Waals surface area contributed by atoms with Crippen LogP contribution in [0.25, 0.3) is 0 Å². The number of hydrogen-bond acceptors (Lipinski definition) is 6. The summed E-state index contributed by atoms with van der Waals surface area (Å²) in [7, 11) is 0. The van der Waals surface area contributed by atoms with Gasteiger partial charge in [0.2, 0.25) is 5.91 Å². The molecular formula is C30H30N4O3S. The highest BCUT2D eigenvalue weighted by molar-refractivity contribution is 8.03. The van der Waals surface area contributed by atoms with Crippen LogP contribution in [0.3, 0.4) is 0 Å². The van der Waals surface area contributed by atoms with Crippen molar-refractivity contribution in [2.75, 3.05) is 11.1 Å². The van der Waals surface area contributed by atoms with Crippen LogP contribution >= 0.6 is 11.8 Å². The van der Waals surface area contributed by atoms with E-state index in [1.807, 2.05) is 62.4 Å². The maximum Gasteiger partial charge on any atom is 0.254 e. The van der Waals surface area contributed by atoms with Crippen LogP contribution in [0.1, 0.15) is 42.2 Å². The van der Waals surface area contributed by atoms with Gasteiger partial charge in [-0.1, -0.05) is 67.2 Å². The van der Waals surface area contributed by atoms with Crippen molar-refractivity contribution < 1.29 is 14.0 Å². The lowest BCUT2D eigenvalue weighted by molar-refractivity contribution is -0.118. The van der Waals surface area contributed by atoms with Crippen LogP contribution in [0.2, 0.25) is 0 Å². The largest absolute Gasteiger partial charge is 0.468 e. The van der Waals surface area contributed by atoms with Gasteiger partial charge in [-0.3, -0.25) is 9.59 Å². The van der Waals surface area contributed by atoms with Gasteiger partial charge in [0.1, 0.15) is 5.76 Å². The van der Waals surface area contributed by atoms with Gasteiger partial charge in [0.15, 0.2) is 0 Å². The van der Waals surface area contributed by atoms with E-state index in [9.17, 15) is 14.9 Å². The lowest BCUT2D eigenvalue weighted by Crippen LogP contribution is -2.31. The van der Waals surface area contributed by atoms with Crippen molar-refractivity contribution in [2.24, 2.45) is 0 Å². The Hall–Kier alpha value is -4.22. The molecule has 0 bridgehead atoms. The van der Waals surface area contributed by atoms with E-state index < -0.39 is 5.92 Å². The number of benzene rings is 2. The van der Waals surface area contributed by atoms with Crippen LogP contribution in [-0.2, 0) is 22.6 Å². The fourth-order valence-corrected chi connectivity index (χ4v) is 5.36. The van der Waals surface area contributed by atoms with Crippen LogP contribution in [0.4, 0.5) is 5.69 Å². The molecule has 2 amide bonds. The quantitative estimate of drug-likeness (QED) is 0.338. The van der Waals surface area contributed by atoms with Crippen LogP contribution in [0, 0.1) is 18.3 Å². The Bertz CT molecular complexity index is 1420. The Morgan fingerprint density at radius 2 is 1.87 bits per heavy atom. The molecular weight excluding hydrogens is 496 g/mol. The molecule has 7 nitrogen and oxygen atoms in total. The number of nitrogens with one attached hydrogen (secondary N) is 3. The molecule has 0 radical (unpaired) electrons. The van der Waals surface area contributed by atoms with Gasteiger partial charge in [-0.05, 0) is 49.1 Å². The smallest absolute Gasteiger partial charge is 0.254 e. The Morgan fingerprint density at radius 3 is 2.55 bits per heavy atom. The summed E-state index contributed by atoms with van der Waals surface area (Å²) in [6, 6.07) is 21.3. The molecule has 4 rings (SSSR count). The number of allylic oxidation sites excluding steroid dienone is 2. The summed E-state index contributed by atoms with van der Waals surface area (Å²) < 4.78 is 5.70. The van der Waals surface area contributed by atoms with Gasteiger partial charge in [0.05, 0.1) is 40.2 Å². The fourth-order valence-electron chi connectivity index (χ4n) is 4.44. The highest BCUT2D eigenvalue weighted by Crippen LogP contribution is 2.41. The molecule has 0 unspecified atom stereocenters. The number of nitrogens with zero attached hydrogens (tertiary/aromatic N) is 1. The van der Waals surface area contributed by atoms with Gasteiger partial charge in [0, 0.05) is 17.9 Å². The number of nitriles is 1.